The number of aromatic nitrogens is 3. The summed E-state index contributed by atoms with van der Waals surface area (Å²) in [4.78, 5) is 8.73. The van der Waals surface area contributed by atoms with Crippen molar-refractivity contribution < 1.29 is 14.0 Å². The standard InChI is InChI=1S/C14H18N4O3/c1-19-12-4-2-3-10(16-12)7-11-17-14(21-18-11)13-9(8-15)5-6-20-13/h2-4,9,13H,5-8,15H2,1H3/t9-,13-/m0/s1. The van der Waals surface area contributed by atoms with Gasteiger partial charge in [0.25, 0.3) is 5.89 Å². The van der Waals surface area contributed by atoms with Crippen LogP contribution < -0.4 is 10.5 Å². The topological polar surface area (TPSA) is 96.3 Å². The molecular formula is C14H18N4O3. The molecule has 112 valence electrons. The number of ether oxygens (including phenoxy) is 2. The van der Waals surface area contributed by atoms with Crippen LogP contribution in [0.15, 0.2) is 22.7 Å². The normalized spacial score (nSPS) is 21.6. The molecule has 7 nitrogen and oxygen atoms in total. The Labute approximate surface area is 122 Å². The van der Waals surface area contributed by atoms with Crippen LogP contribution in [0.4, 0.5) is 0 Å². The maximum Gasteiger partial charge on any atom is 0.256 e. The number of pyridine rings is 1. The second-order valence-corrected chi connectivity index (χ2v) is 4.97. The van der Waals surface area contributed by atoms with Gasteiger partial charge in [-0.3, -0.25) is 0 Å². The first-order valence-corrected chi connectivity index (χ1v) is 6.94. The van der Waals surface area contributed by atoms with Gasteiger partial charge in [0, 0.05) is 18.6 Å². The number of nitrogens with two attached hydrogens (primary N) is 1. The zero-order valence-electron chi connectivity index (χ0n) is 11.9. The molecular weight excluding hydrogens is 272 g/mol. The van der Waals surface area contributed by atoms with Crippen molar-refractivity contribution >= 4 is 0 Å². The lowest BCUT2D eigenvalue weighted by Gasteiger charge is -2.11. The van der Waals surface area contributed by atoms with E-state index in [4.69, 9.17) is 19.7 Å². The predicted octanol–water partition coefficient (Wildman–Crippen LogP) is 1.10. The van der Waals surface area contributed by atoms with E-state index >= 15 is 0 Å². The van der Waals surface area contributed by atoms with Crippen molar-refractivity contribution in [2.45, 2.75) is 18.9 Å². The van der Waals surface area contributed by atoms with Crippen molar-refractivity contribution in [3.63, 3.8) is 0 Å². The third-order valence-electron chi connectivity index (χ3n) is 3.57. The molecule has 2 N–H and O–H groups in total. The Hall–Kier alpha value is -1.99. The Morgan fingerprint density at radius 2 is 2.29 bits per heavy atom. The summed E-state index contributed by atoms with van der Waals surface area (Å²) < 4.78 is 16.0. The number of hydrogen-bond donors (Lipinski definition) is 1. The van der Waals surface area contributed by atoms with Gasteiger partial charge in [0.1, 0.15) is 6.10 Å². The van der Waals surface area contributed by atoms with Gasteiger partial charge in [0.05, 0.1) is 19.2 Å². The van der Waals surface area contributed by atoms with E-state index in [2.05, 4.69) is 15.1 Å². The molecule has 1 aliphatic rings. The minimum atomic E-state index is -0.186. The summed E-state index contributed by atoms with van der Waals surface area (Å²) in [6.07, 6.45) is 1.23. The second-order valence-electron chi connectivity index (χ2n) is 4.97. The fraction of sp³-hybridized carbons (Fsp3) is 0.500. The maximum atomic E-state index is 5.73. The predicted molar refractivity (Wildman–Crippen MR) is 73.7 cm³/mol. The Kier molecular flexibility index (Phi) is 4.12. The van der Waals surface area contributed by atoms with E-state index in [1.54, 1.807) is 13.2 Å². The number of nitrogens with zero attached hydrogens (tertiary/aromatic N) is 3. The zero-order chi connectivity index (χ0) is 14.7. The van der Waals surface area contributed by atoms with Crippen LogP contribution in [0.2, 0.25) is 0 Å². The van der Waals surface area contributed by atoms with E-state index in [0.29, 0.717) is 37.2 Å². The van der Waals surface area contributed by atoms with E-state index in [1.807, 2.05) is 12.1 Å². The van der Waals surface area contributed by atoms with E-state index in [0.717, 1.165) is 12.1 Å². The van der Waals surface area contributed by atoms with Gasteiger partial charge in [0.15, 0.2) is 5.82 Å². The molecule has 0 saturated carbocycles. The van der Waals surface area contributed by atoms with Gasteiger partial charge in [-0.1, -0.05) is 11.2 Å². The molecule has 1 aliphatic heterocycles. The molecule has 0 bridgehead atoms. The summed E-state index contributed by atoms with van der Waals surface area (Å²) in [5, 5.41) is 3.99. The first-order chi connectivity index (χ1) is 10.3. The molecule has 21 heavy (non-hydrogen) atoms. The van der Waals surface area contributed by atoms with Crippen LogP contribution >= 0.6 is 0 Å². The number of rotatable bonds is 5. The minimum absolute atomic E-state index is 0.186. The van der Waals surface area contributed by atoms with E-state index in [1.165, 1.54) is 0 Å². The van der Waals surface area contributed by atoms with Crippen LogP contribution in [0.25, 0.3) is 0 Å². The molecule has 1 saturated heterocycles. The molecule has 3 rings (SSSR count). The van der Waals surface area contributed by atoms with Crippen molar-refractivity contribution in [1.82, 2.24) is 15.1 Å². The average molecular weight is 290 g/mol. The first kappa shape index (κ1) is 14.0. The maximum absolute atomic E-state index is 5.73. The van der Waals surface area contributed by atoms with E-state index in [9.17, 15) is 0 Å². The first-order valence-electron chi connectivity index (χ1n) is 6.94. The van der Waals surface area contributed by atoms with Crippen molar-refractivity contribution in [3.05, 3.63) is 35.6 Å². The molecule has 2 aromatic heterocycles. The summed E-state index contributed by atoms with van der Waals surface area (Å²) >= 11 is 0. The quantitative estimate of drug-likeness (QED) is 0.880. The summed E-state index contributed by atoms with van der Waals surface area (Å²) in [7, 11) is 1.59. The van der Waals surface area contributed by atoms with Crippen molar-refractivity contribution in [1.29, 1.82) is 0 Å². The molecule has 0 aliphatic carbocycles. The lowest BCUT2D eigenvalue weighted by atomic mass is 10.0. The third kappa shape index (κ3) is 3.03. The van der Waals surface area contributed by atoms with Gasteiger partial charge in [-0.15, -0.1) is 0 Å². The van der Waals surface area contributed by atoms with Crippen LogP contribution in [0.1, 0.15) is 29.9 Å². The number of methoxy groups -OCH3 is 1. The van der Waals surface area contributed by atoms with Gasteiger partial charge in [0.2, 0.25) is 5.88 Å². The van der Waals surface area contributed by atoms with Crippen molar-refractivity contribution in [2.75, 3.05) is 20.3 Å². The van der Waals surface area contributed by atoms with Gasteiger partial charge < -0.3 is 19.7 Å². The van der Waals surface area contributed by atoms with Crippen molar-refractivity contribution in [2.24, 2.45) is 11.7 Å². The highest BCUT2D eigenvalue weighted by Crippen LogP contribution is 2.32. The third-order valence-corrected chi connectivity index (χ3v) is 3.57. The smallest absolute Gasteiger partial charge is 0.256 e. The SMILES string of the molecule is COc1cccc(Cc2noc([C@H]3OCC[C@H]3CN)n2)n1. The van der Waals surface area contributed by atoms with E-state index < -0.39 is 0 Å². The number of hydrogen-bond acceptors (Lipinski definition) is 7. The summed E-state index contributed by atoms with van der Waals surface area (Å²) in [5.74, 6) is 1.89. The Morgan fingerprint density at radius 3 is 3.10 bits per heavy atom. The van der Waals surface area contributed by atoms with Crippen LogP contribution in [0.5, 0.6) is 5.88 Å². The molecule has 2 aromatic rings. The molecule has 3 heterocycles. The van der Waals surface area contributed by atoms with Crippen LogP contribution in [0, 0.1) is 5.92 Å². The second kappa shape index (κ2) is 6.19. The molecule has 0 amide bonds. The van der Waals surface area contributed by atoms with Crippen LogP contribution in [-0.2, 0) is 11.2 Å². The molecule has 0 aromatic carbocycles. The van der Waals surface area contributed by atoms with Gasteiger partial charge in [-0.05, 0) is 19.0 Å². The summed E-state index contributed by atoms with van der Waals surface area (Å²) in [6.45, 7) is 1.24. The lowest BCUT2D eigenvalue weighted by molar-refractivity contribution is 0.0642. The monoisotopic (exact) mass is 290 g/mol. The fourth-order valence-corrected chi connectivity index (χ4v) is 2.43. The highest BCUT2D eigenvalue weighted by Gasteiger charge is 2.33. The highest BCUT2D eigenvalue weighted by molar-refractivity contribution is 5.18. The summed E-state index contributed by atoms with van der Waals surface area (Å²) in [6, 6.07) is 5.57. The van der Waals surface area contributed by atoms with Crippen LogP contribution in [0.3, 0.4) is 0 Å². The Balaban J connectivity index is 1.72. The van der Waals surface area contributed by atoms with Gasteiger partial charge in [-0.2, -0.15) is 4.98 Å². The largest absolute Gasteiger partial charge is 0.481 e. The van der Waals surface area contributed by atoms with Gasteiger partial charge >= 0.3 is 0 Å². The fourth-order valence-electron chi connectivity index (χ4n) is 2.43. The molecule has 2 atom stereocenters. The van der Waals surface area contributed by atoms with Gasteiger partial charge in [-0.25, -0.2) is 4.98 Å². The zero-order valence-corrected chi connectivity index (χ0v) is 11.9. The minimum Gasteiger partial charge on any atom is -0.481 e. The Bertz CT molecular complexity index is 601. The highest BCUT2D eigenvalue weighted by atomic mass is 16.5. The average Bonchev–Trinajstić information content (AvgIpc) is 3.15. The molecule has 0 spiro atoms. The molecule has 1 fully saturated rings. The lowest BCUT2D eigenvalue weighted by Crippen LogP contribution is -2.18. The summed E-state index contributed by atoms with van der Waals surface area (Å²) in [5.41, 5.74) is 6.55. The Morgan fingerprint density at radius 1 is 1.38 bits per heavy atom. The van der Waals surface area contributed by atoms with Crippen molar-refractivity contribution in [3.8, 4) is 5.88 Å². The van der Waals surface area contributed by atoms with E-state index in [-0.39, 0.29) is 12.0 Å². The molecule has 0 radical (unpaired) electrons. The van der Waals surface area contributed by atoms with Crippen LogP contribution in [-0.4, -0.2) is 35.4 Å². The molecule has 7 heteroatoms. The molecule has 0 unspecified atom stereocenters.